The van der Waals surface area contributed by atoms with Crippen molar-refractivity contribution in [3.05, 3.63) is 65.8 Å². The van der Waals surface area contributed by atoms with Gasteiger partial charge >= 0.3 is 0 Å². The fraction of sp³-hybridized carbons (Fsp3) is 0.150. The molecule has 134 valence electrons. The smallest absolute Gasteiger partial charge is 0.244 e. The number of thioether (sulfide) groups is 1. The molecule has 27 heavy (non-hydrogen) atoms. The lowest BCUT2D eigenvalue weighted by molar-refractivity contribution is -0.116. The number of imidazole rings is 1. The summed E-state index contributed by atoms with van der Waals surface area (Å²) >= 11 is 1.67. The summed E-state index contributed by atoms with van der Waals surface area (Å²) in [6.07, 6.45) is 1.70. The number of aliphatic imine (C=N–C) groups is 1. The highest BCUT2D eigenvalue weighted by atomic mass is 32.2. The van der Waals surface area contributed by atoms with Gasteiger partial charge < -0.3 is 14.8 Å². The Morgan fingerprint density at radius 2 is 2.00 bits per heavy atom. The van der Waals surface area contributed by atoms with Crippen molar-refractivity contribution < 1.29 is 4.79 Å². The molecule has 0 saturated heterocycles. The van der Waals surface area contributed by atoms with Gasteiger partial charge in [0.15, 0.2) is 5.17 Å². The lowest BCUT2D eigenvalue weighted by Crippen LogP contribution is -2.20. The van der Waals surface area contributed by atoms with Crippen LogP contribution in [0.4, 0.5) is 5.69 Å². The first-order chi connectivity index (χ1) is 13.3. The highest BCUT2D eigenvalue weighted by Crippen LogP contribution is 2.35. The number of benzene rings is 2. The van der Waals surface area contributed by atoms with Gasteiger partial charge in [-0.25, -0.2) is 4.98 Å². The van der Waals surface area contributed by atoms with Crippen molar-refractivity contribution >= 4 is 45.3 Å². The number of hydrogen-bond donors (Lipinski definition) is 1. The molecular weight excluding hydrogens is 358 g/mol. The molecule has 2 aliphatic rings. The van der Waals surface area contributed by atoms with Crippen LogP contribution in [-0.4, -0.2) is 38.6 Å². The molecule has 3 aromatic rings. The fourth-order valence-corrected chi connectivity index (χ4v) is 4.33. The Balaban J connectivity index is 1.27. The lowest BCUT2D eigenvalue weighted by Gasteiger charge is -2.17. The maximum Gasteiger partial charge on any atom is 0.244 e. The summed E-state index contributed by atoms with van der Waals surface area (Å²) in [6.45, 7) is 2.03. The van der Waals surface area contributed by atoms with Crippen LogP contribution in [0, 0.1) is 0 Å². The first-order valence-corrected chi connectivity index (χ1v) is 9.65. The first-order valence-electron chi connectivity index (χ1n) is 8.77. The normalized spacial score (nSPS) is 15.6. The van der Waals surface area contributed by atoms with Gasteiger partial charge in [-0.3, -0.25) is 9.79 Å². The van der Waals surface area contributed by atoms with Gasteiger partial charge in [-0.15, -0.1) is 0 Å². The highest BCUT2D eigenvalue weighted by Gasteiger charge is 2.26. The second-order valence-electron chi connectivity index (χ2n) is 6.42. The summed E-state index contributed by atoms with van der Waals surface area (Å²) in [5, 5.41) is 6.17. The topological polar surface area (TPSA) is 62.5 Å². The van der Waals surface area contributed by atoms with Crippen molar-refractivity contribution in [2.75, 3.05) is 18.4 Å². The van der Waals surface area contributed by atoms with E-state index in [1.807, 2.05) is 53.1 Å². The van der Waals surface area contributed by atoms with E-state index in [0.717, 1.165) is 40.5 Å². The average molecular weight is 375 g/mol. The van der Waals surface area contributed by atoms with Crippen LogP contribution < -0.4 is 5.32 Å². The Labute approximate surface area is 160 Å². The number of amidine groups is 1. The Kier molecular flexibility index (Phi) is 3.94. The second-order valence-corrected chi connectivity index (χ2v) is 7.26. The molecule has 0 spiro atoms. The van der Waals surface area contributed by atoms with E-state index >= 15 is 0 Å². The van der Waals surface area contributed by atoms with Gasteiger partial charge in [0, 0.05) is 17.6 Å². The van der Waals surface area contributed by atoms with E-state index in [1.54, 1.807) is 18.1 Å². The molecule has 0 radical (unpaired) electrons. The van der Waals surface area contributed by atoms with Crippen LogP contribution in [0.3, 0.4) is 0 Å². The zero-order chi connectivity index (χ0) is 18.2. The summed E-state index contributed by atoms with van der Waals surface area (Å²) in [6, 6.07) is 15.8. The maximum atomic E-state index is 12.4. The molecule has 0 unspecified atom stereocenters. The van der Waals surface area contributed by atoms with E-state index in [2.05, 4.69) is 25.6 Å². The second kappa shape index (κ2) is 6.59. The summed E-state index contributed by atoms with van der Waals surface area (Å²) in [5.74, 6) is -0.0736. The number of hydrogen-bond acceptors (Lipinski definition) is 5. The molecule has 2 aromatic carbocycles. The van der Waals surface area contributed by atoms with Gasteiger partial charge in [-0.1, -0.05) is 36.0 Å². The van der Waals surface area contributed by atoms with Crippen molar-refractivity contribution in [1.82, 2.24) is 14.5 Å². The molecule has 0 fully saturated rings. The number of nitrogens with zero attached hydrogens (tertiary/aromatic N) is 4. The van der Waals surface area contributed by atoms with Crippen LogP contribution in [-0.2, 0) is 11.3 Å². The highest BCUT2D eigenvalue weighted by molar-refractivity contribution is 8.16. The number of carbonyl (C=O) groups is 1. The average Bonchev–Trinajstić information content (AvgIpc) is 3.39. The number of fused-ring (bicyclic) bond motifs is 2. The SMILES string of the molecule is O=C(Cn1cnc2ccccc21)Nc1ccc(C2=CSC3=NCCN23)cc1. The minimum Gasteiger partial charge on any atom is -0.325 e. The Morgan fingerprint density at radius 1 is 1.15 bits per heavy atom. The molecule has 1 aromatic heterocycles. The zero-order valence-corrected chi connectivity index (χ0v) is 15.3. The van der Waals surface area contributed by atoms with E-state index < -0.39 is 0 Å². The van der Waals surface area contributed by atoms with Gasteiger partial charge in [0.25, 0.3) is 0 Å². The van der Waals surface area contributed by atoms with Gasteiger partial charge in [-0.05, 0) is 29.8 Å². The van der Waals surface area contributed by atoms with E-state index in [9.17, 15) is 4.79 Å². The fourth-order valence-electron chi connectivity index (χ4n) is 3.36. The minimum atomic E-state index is -0.0736. The summed E-state index contributed by atoms with van der Waals surface area (Å²) in [7, 11) is 0. The number of amides is 1. The molecule has 3 heterocycles. The summed E-state index contributed by atoms with van der Waals surface area (Å²) in [5.41, 5.74) is 4.95. The number of carbonyl (C=O) groups excluding carboxylic acids is 1. The number of nitrogens with one attached hydrogen (secondary N) is 1. The molecule has 7 heteroatoms. The van der Waals surface area contributed by atoms with Crippen molar-refractivity contribution in [1.29, 1.82) is 0 Å². The third-order valence-electron chi connectivity index (χ3n) is 4.67. The van der Waals surface area contributed by atoms with Crippen molar-refractivity contribution in [3.8, 4) is 0 Å². The van der Waals surface area contributed by atoms with Gasteiger partial charge in [0.2, 0.25) is 5.91 Å². The van der Waals surface area contributed by atoms with E-state index in [4.69, 9.17) is 0 Å². The lowest BCUT2D eigenvalue weighted by atomic mass is 10.1. The largest absolute Gasteiger partial charge is 0.325 e. The van der Waals surface area contributed by atoms with Crippen molar-refractivity contribution in [2.45, 2.75) is 6.54 Å². The van der Waals surface area contributed by atoms with Crippen LogP contribution in [0.15, 0.2) is 65.3 Å². The Hall–Kier alpha value is -3.06. The van der Waals surface area contributed by atoms with Crippen LogP contribution >= 0.6 is 11.8 Å². The van der Waals surface area contributed by atoms with Crippen LogP contribution in [0.25, 0.3) is 16.7 Å². The molecule has 5 rings (SSSR count). The molecule has 0 atom stereocenters. The monoisotopic (exact) mass is 375 g/mol. The Bertz CT molecular complexity index is 1080. The van der Waals surface area contributed by atoms with Crippen LogP contribution in [0.5, 0.6) is 0 Å². The third-order valence-corrected chi connectivity index (χ3v) is 5.58. The number of rotatable bonds is 4. The number of anilines is 1. The minimum absolute atomic E-state index is 0.0736. The summed E-state index contributed by atoms with van der Waals surface area (Å²) in [4.78, 5) is 23.5. The molecule has 6 nitrogen and oxygen atoms in total. The van der Waals surface area contributed by atoms with Gasteiger partial charge in [0.05, 0.1) is 29.6 Å². The van der Waals surface area contributed by atoms with Crippen LogP contribution in [0.1, 0.15) is 5.56 Å². The van der Waals surface area contributed by atoms with E-state index in [1.165, 1.54) is 5.70 Å². The third kappa shape index (κ3) is 3.00. The maximum absolute atomic E-state index is 12.4. The number of para-hydroxylation sites is 2. The van der Waals surface area contributed by atoms with Crippen LogP contribution in [0.2, 0.25) is 0 Å². The quantitative estimate of drug-likeness (QED) is 0.759. The van der Waals surface area contributed by atoms with Crippen molar-refractivity contribution in [3.63, 3.8) is 0 Å². The van der Waals surface area contributed by atoms with E-state index in [0.29, 0.717) is 0 Å². The molecule has 2 aliphatic heterocycles. The molecule has 0 bridgehead atoms. The zero-order valence-electron chi connectivity index (χ0n) is 14.5. The first kappa shape index (κ1) is 16.1. The molecule has 0 saturated carbocycles. The van der Waals surface area contributed by atoms with Gasteiger partial charge in [-0.2, -0.15) is 0 Å². The van der Waals surface area contributed by atoms with Gasteiger partial charge in [0.1, 0.15) is 6.54 Å². The predicted octanol–water partition coefficient (Wildman–Crippen LogP) is 3.39. The van der Waals surface area contributed by atoms with Crippen molar-refractivity contribution in [2.24, 2.45) is 4.99 Å². The molecule has 1 N–H and O–H groups in total. The standard InChI is InChI=1S/C20H17N5OS/c26-19(11-24-13-22-16-3-1-2-4-17(16)24)23-15-7-5-14(6-8-15)18-12-27-20-21-9-10-25(18)20/h1-8,12-13H,9-11H2,(H,23,26). The Morgan fingerprint density at radius 3 is 2.89 bits per heavy atom. The molecule has 0 aliphatic carbocycles. The number of aromatic nitrogens is 2. The molecule has 1 amide bonds. The van der Waals surface area contributed by atoms with E-state index in [-0.39, 0.29) is 12.5 Å². The molecular formula is C20H17N5OS. The predicted molar refractivity (Wildman–Crippen MR) is 109 cm³/mol. The summed E-state index contributed by atoms with van der Waals surface area (Å²) < 4.78 is 1.85.